The Kier molecular flexibility index (Phi) is 5.86. The number of piperidine rings is 1. The molecule has 0 radical (unpaired) electrons. The Morgan fingerprint density at radius 1 is 1.25 bits per heavy atom. The van der Waals surface area contributed by atoms with Gasteiger partial charge >= 0.3 is 0 Å². The molecule has 1 heterocycles. The molecule has 0 aliphatic carbocycles. The van der Waals surface area contributed by atoms with Gasteiger partial charge in [-0.05, 0) is 56.0 Å². The third-order valence-corrected chi connectivity index (χ3v) is 4.12. The molecule has 112 valence electrons. The molecule has 1 aromatic carbocycles. The molecule has 0 bridgehead atoms. The number of nitrogens with zero attached hydrogens (tertiary/aromatic N) is 1. The van der Waals surface area contributed by atoms with Gasteiger partial charge in [0.2, 0.25) is 0 Å². The molecule has 0 amide bonds. The largest absolute Gasteiger partial charge is 0.491 e. The predicted octanol–water partition coefficient (Wildman–Crippen LogP) is 2.72. The zero-order valence-electron chi connectivity index (χ0n) is 12.7. The van der Waals surface area contributed by atoms with Gasteiger partial charge in [0.1, 0.15) is 18.5 Å². The van der Waals surface area contributed by atoms with Crippen molar-refractivity contribution in [1.29, 1.82) is 0 Å². The average molecular weight is 277 g/mol. The van der Waals surface area contributed by atoms with Gasteiger partial charge in [-0.25, -0.2) is 0 Å². The second-order valence-corrected chi connectivity index (χ2v) is 5.95. The van der Waals surface area contributed by atoms with Gasteiger partial charge in [0.25, 0.3) is 0 Å². The van der Waals surface area contributed by atoms with Crippen LogP contribution in [0.2, 0.25) is 0 Å². The van der Waals surface area contributed by atoms with Crippen molar-refractivity contribution in [1.82, 2.24) is 4.90 Å². The molecule has 2 rings (SSSR count). The van der Waals surface area contributed by atoms with Crippen LogP contribution in [0.5, 0.6) is 5.75 Å². The average Bonchev–Trinajstić information content (AvgIpc) is 2.48. The fraction of sp³-hybridized carbons (Fsp3) is 0.647. The fourth-order valence-corrected chi connectivity index (χ4v) is 2.61. The van der Waals surface area contributed by atoms with E-state index in [4.69, 9.17) is 4.74 Å². The highest BCUT2D eigenvalue weighted by Crippen LogP contribution is 2.16. The van der Waals surface area contributed by atoms with E-state index in [0.717, 1.165) is 37.7 Å². The molecule has 3 nitrogen and oxygen atoms in total. The van der Waals surface area contributed by atoms with Crippen molar-refractivity contribution in [3.05, 3.63) is 29.8 Å². The van der Waals surface area contributed by atoms with Crippen LogP contribution in [0.25, 0.3) is 0 Å². The Bertz CT molecular complexity index is 382. The van der Waals surface area contributed by atoms with Gasteiger partial charge in [0.15, 0.2) is 0 Å². The normalized spacial score (nSPS) is 18.9. The number of ether oxygens (including phenoxy) is 1. The molecule has 1 atom stereocenters. The van der Waals surface area contributed by atoms with Crippen LogP contribution in [0.15, 0.2) is 24.3 Å². The molecule has 3 heteroatoms. The first kappa shape index (κ1) is 15.3. The maximum absolute atomic E-state index is 10.1. The van der Waals surface area contributed by atoms with Crippen molar-refractivity contribution in [3.63, 3.8) is 0 Å². The van der Waals surface area contributed by atoms with Crippen LogP contribution in [0.3, 0.4) is 0 Å². The minimum Gasteiger partial charge on any atom is -0.491 e. The van der Waals surface area contributed by atoms with Gasteiger partial charge in [-0.3, -0.25) is 0 Å². The lowest BCUT2D eigenvalue weighted by molar-refractivity contribution is 0.0563. The number of benzene rings is 1. The SMILES string of the molecule is CCc1ccc(OC[C@@H](O)CN2CCC(C)CC2)cc1. The summed E-state index contributed by atoms with van der Waals surface area (Å²) in [4.78, 5) is 2.34. The summed E-state index contributed by atoms with van der Waals surface area (Å²) in [5, 5.41) is 10.1. The first-order valence-electron chi connectivity index (χ1n) is 7.79. The topological polar surface area (TPSA) is 32.7 Å². The molecule has 0 saturated carbocycles. The summed E-state index contributed by atoms with van der Waals surface area (Å²) in [5.74, 6) is 1.67. The molecule has 20 heavy (non-hydrogen) atoms. The van der Waals surface area contributed by atoms with E-state index in [-0.39, 0.29) is 0 Å². The molecule has 1 fully saturated rings. The Hall–Kier alpha value is -1.06. The Labute approximate surface area is 122 Å². The quantitative estimate of drug-likeness (QED) is 0.868. The van der Waals surface area contributed by atoms with E-state index in [1.54, 1.807) is 0 Å². The van der Waals surface area contributed by atoms with Crippen LogP contribution in [-0.2, 0) is 6.42 Å². The Morgan fingerprint density at radius 2 is 1.90 bits per heavy atom. The number of rotatable bonds is 6. The third-order valence-electron chi connectivity index (χ3n) is 4.12. The van der Waals surface area contributed by atoms with E-state index in [0.29, 0.717) is 6.61 Å². The van der Waals surface area contributed by atoms with Crippen LogP contribution in [-0.4, -0.2) is 42.4 Å². The summed E-state index contributed by atoms with van der Waals surface area (Å²) in [5.41, 5.74) is 1.31. The highest BCUT2D eigenvalue weighted by atomic mass is 16.5. The van der Waals surface area contributed by atoms with Crippen LogP contribution >= 0.6 is 0 Å². The van der Waals surface area contributed by atoms with Crippen molar-refractivity contribution in [2.24, 2.45) is 5.92 Å². The molecule has 0 aromatic heterocycles. The summed E-state index contributed by atoms with van der Waals surface area (Å²) in [7, 11) is 0. The van der Waals surface area contributed by atoms with Crippen molar-refractivity contribution in [3.8, 4) is 5.75 Å². The highest BCUT2D eigenvalue weighted by Gasteiger charge is 2.18. The molecule has 1 N–H and O–H groups in total. The smallest absolute Gasteiger partial charge is 0.119 e. The summed E-state index contributed by atoms with van der Waals surface area (Å²) in [6.07, 6.45) is 3.11. The van der Waals surface area contributed by atoms with E-state index in [2.05, 4.69) is 30.9 Å². The lowest BCUT2D eigenvalue weighted by atomic mass is 9.99. The van der Waals surface area contributed by atoms with E-state index in [1.165, 1.54) is 18.4 Å². The lowest BCUT2D eigenvalue weighted by Gasteiger charge is -2.31. The lowest BCUT2D eigenvalue weighted by Crippen LogP contribution is -2.40. The van der Waals surface area contributed by atoms with Crippen LogP contribution < -0.4 is 4.74 Å². The zero-order chi connectivity index (χ0) is 14.4. The number of hydrogen-bond acceptors (Lipinski definition) is 3. The first-order valence-corrected chi connectivity index (χ1v) is 7.79. The van der Waals surface area contributed by atoms with E-state index < -0.39 is 6.10 Å². The summed E-state index contributed by atoms with van der Waals surface area (Å²) in [6.45, 7) is 7.74. The van der Waals surface area contributed by atoms with Gasteiger partial charge in [0, 0.05) is 6.54 Å². The maximum atomic E-state index is 10.1. The van der Waals surface area contributed by atoms with Crippen molar-refractivity contribution in [2.75, 3.05) is 26.2 Å². The summed E-state index contributed by atoms with van der Waals surface area (Å²) in [6, 6.07) is 8.11. The monoisotopic (exact) mass is 277 g/mol. The van der Waals surface area contributed by atoms with Gasteiger partial charge in [-0.1, -0.05) is 26.0 Å². The number of hydrogen-bond donors (Lipinski definition) is 1. The number of aryl methyl sites for hydroxylation is 1. The molecular weight excluding hydrogens is 250 g/mol. The molecule has 0 unspecified atom stereocenters. The second kappa shape index (κ2) is 7.65. The van der Waals surface area contributed by atoms with E-state index in [1.807, 2.05) is 12.1 Å². The molecule has 1 aliphatic rings. The first-order chi connectivity index (χ1) is 9.67. The highest BCUT2D eigenvalue weighted by molar-refractivity contribution is 5.27. The zero-order valence-corrected chi connectivity index (χ0v) is 12.7. The predicted molar refractivity (Wildman–Crippen MR) is 82.2 cm³/mol. The van der Waals surface area contributed by atoms with Gasteiger partial charge < -0.3 is 14.7 Å². The standard InChI is InChI=1S/C17H27NO2/c1-3-15-4-6-17(7-5-15)20-13-16(19)12-18-10-8-14(2)9-11-18/h4-7,14,16,19H,3,8-13H2,1-2H3/t16-/m0/s1. The molecule has 1 aliphatic heterocycles. The number of aliphatic hydroxyl groups is 1. The Balaban J connectivity index is 1.70. The van der Waals surface area contributed by atoms with E-state index in [9.17, 15) is 5.11 Å². The minimum atomic E-state index is -0.408. The van der Waals surface area contributed by atoms with Crippen molar-refractivity contribution in [2.45, 2.75) is 39.2 Å². The molecular formula is C17H27NO2. The second-order valence-electron chi connectivity index (χ2n) is 5.95. The van der Waals surface area contributed by atoms with Crippen molar-refractivity contribution < 1.29 is 9.84 Å². The summed E-state index contributed by atoms with van der Waals surface area (Å²) >= 11 is 0. The number of likely N-dealkylation sites (tertiary alicyclic amines) is 1. The van der Waals surface area contributed by atoms with Gasteiger partial charge in [-0.2, -0.15) is 0 Å². The summed E-state index contributed by atoms with van der Waals surface area (Å²) < 4.78 is 5.65. The van der Waals surface area contributed by atoms with Crippen LogP contribution in [0.4, 0.5) is 0 Å². The van der Waals surface area contributed by atoms with Crippen LogP contribution in [0.1, 0.15) is 32.3 Å². The third kappa shape index (κ3) is 4.80. The molecule has 0 spiro atoms. The maximum Gasteiger partial charge on any atom is 0.119 e. The molecule has 1 saturated heterocycles. The molecule has 1 aromatic rings. The van der Waals surface area contributed by atoms with Crippen LogP contribution in [0, 0.1) is 5.92 Å². The van der Waals surface area contributed by atoms with Gasteiger partial charge in [0.05, 0.1) is 0 Å². The Morgan fingerprint density at radius 3 is 2.50 bits per heavy atom. The number of β-amino-alcohol motifs (C(OH)–C–C–N with tert-alkyl or cyclic N) is 1. The van der Waals surface area contributed by atoms with E-state index >= 15 is 0 Å². The van der Waals surface area contributed by atoms with Crippen molar-refractivity contribution >= 4 is 0 Å². The minimum absolute atomic E-state index is 0.373. The number of aliphatic hydroxyl groups excluding tert-OH is 1. The van der Waals surface area contributed by atoms with Gasteiger partial charge in [-0.15, -0.1) is 0 Å². The fourth-order valence-electron chi connectivity index (χ4n) is 2.61.